The lowest BCUT2D eigenvalue weighted by atomic mass is 9.93. The summed E-state index contributed by atoms with van der Waals surface area (Å²) in [5.74, 6) is 1.63. The van der Waals surface area contributed by atoms with Crippen molar-refractivity contribution in [2.45, 2.75) is 102 Å². The molecule has 0 atom stereocenters. The molecular weight excluding hydrogens is 418 g/mol. The summed E-state index contributed by atoms with van der Waals surface area (Å²) >= 11 is 1.94. The Balaban J connectivity index is 1.84. The average molecular weight is 464 g/mol. The number of rotatable bonds is 14. The molecule has 1 aliphatic heterocycles. The monoisotopic (exact) mass is 463 g/mol. The number of para-hydroxylation sites is 1. The lowest BCUT2D eigenvalue weighted by Crippen LogP contribution is -2.23. The maximum atomic E-state index is 4.09. The van der Waals surface area contributed by atoms with Gasteiger partial charge in [-0.15, -0.1) is 6.58 Å². The van der Waals surface area contributed by atoms with Gasteiger partial charge in [0.2, 0.25) is 0 Å². The van der Waals surface area contributed by atoms with Crippen molar-refractivity contribution in [2.24, 2.45) is 11.8 Å². The zero-order valence-electron chi connectivity index (χ0n) is 21.5. The predicted octanol–water partition coefficient (Wildman–Crippen LogP) is 9.99. The molecule has 0 unspecified atom stereocenters. The topological polar surface area (TPSA) is 3.24 Å². The minimum atomic E-state index is 0.812. The van der Waals surface area contributed by atoms with Gasteiger partial charge in [-0.05, 0) is 66.8 Å². The lowest BCUT2D eigenvalue weighted by molar-refractivity contribution is 0.523. The van der Waals surface area contributed by atoms with Gasteiger partial charge in [0.05, 0.1) is 11.4 Å². The highest BCUT2D eigenvalue weighted by Crippen LogP contribution is 2.50. The highest BCUT2D eigenvalue weighted by Gasteiger charge is 2.26. The molecule has 0 aromatic heterocycles. The number of fused-ring (bicyclic) bond motifs is 2. The van der Waals surface area contributed by atoms with Gasteiger partial charge in [-0.1, -0.05) is 102 Å². The molecule has 1 heterocycles. The number of nitrogens with zero attached hydrogens (tertiary/aromatic N) is 1. The first-order chi connectivity index (χ1) is 16.0. The van der Waals surface area contributed by atoms with Crippen LogP contribution in [0.3, 0.4) is 0 Å². The van der Waals surface area contributed by atoms with Crippen molar-refractivity contribution in [2.75, 3.05) is 11.4 Å². The van der Waals surface area contributed by atoms with Crippen LogP contribution in [0, 0.1) is 11.8 Å². The molecule has 0 amide bonds. The Kier molecular flexibility index (Phi) is 10.4. The lowest BCUT2D eigenvalue weighted by Gasteiger charge is -2.35. The Morgan fingerprint density at radius 2 is 1.45 bits per heavy atom. The van der Waals surface area contributed by atoms with Crippen LogP contribution in [-0.4, -0.2) is 6.54 Å². The molecule has 0 N–H and O–H groups in total. The fraction of sp³-hybridized carbons (Fsp3) is 0.548. The Morgan fingerprint density at radius 1 is 0.788 bits per heavy atom. The SMILES string of the molecule is C=CCN1c2ccccc2Sc2ccc(CCCCCC(C)C)c(CCCCCC(C)C)c21. The fourth-order valence-electron chi connectivity index (χ4n) is 4.95. The van der Waals surface area contributed by atoms with Crippen molar-refractivity contribution in [3.05, 3.63) is 60.2 Å². The third-order valence-corrected chi connectivity index (χ3v) is 7.85. The second kappa shape index (κ2) is 13.3. The molecule has 0 radical (unpaired) electrons. The van der Waals surface area contributed by atoms with E-state index in [-0.39, 0.29) is 0 Å². The van der Waals surface area contributed by atoms with Crippen LogP contribution in [0.15, 0.2) is 58.8 Å². The van der Waals surface area contributed by atoms with Crippen molar-refractivity contribution >= 4 is 23.1 Å². The summed E-state index contributed by atoms with van der Waals surface area (Å²) in [7, 11) is 0. The number of aryl methyl sites for hydroxylation is 1. The molecular formula is C31H45NS. The standard InChI is InChI=1S/C31H45NS/c1-6-23-32-28-19-13-14-20-29(28)33-30-22-21-26(17-11-7-9-15-24(2)3)27(31(30)32)18-12-8-10-16-25(4)5/h6,13-14,19-22,24-25H,1,7-12,15-18,23H2,2-5H3. The Labute approximate surface area is 208 Å². The van der Waals surface area contributed by atoms with Crippen molar-refractivity contribution in [1.29, 1.82) is 0 Å². The van der Waals surface area contributed by atoms with Gasteiger partial charge in [0.1, 0.15) is 0 Å². The van der Waals surface area contributed by atoms with Crippen molar-refractivity contribution < 1.29 is 0 Å². The fourth-order valence-corrected chi connectivity index (χ4v) is 6.08. The molecule has 0 bridgehead atoms. The van der Waals surface area contributed by atoms with E-state index >= 15 is 0 Å². The van der Waals surface area contributed by atoms with E-state index in [1.165, 1.54) is 85.4 Å². The van der Waals surface area contributed by atoms with E-state index in [1.807, 2.05) is 11.8 Å². The first-order valence-corrected chi connectivity index (χ1v) is 14.1. The average Bonchev–Trinajstić information content (AvgIpc) is 2.79. The van der Waals surface area contributed by atoms with Gasteiger partial charge in [0.25, 0.3) is 0 Å². The molecule has 2 aromatic rings. The smallest absolute Gasteiger partial charge is 0.0591 e. The molecule has 0 fully saturated rings. The zero-order chi connectivity index (χ0) is 23.6. The number of unbranched alkanes of at least 4 members (excludes halogenated alkanes) is 4. The number of benzene rings is 2. The van der Waals surface area contributed by atoms with E-state index in [4.69, 9.17) is 0 Å². The highest BCUT2D eigenvalue weighted by atomic mass is 32.2. The quantitative estimate of drug-likeness (QED) is 0.202. The van der Waals surface area contributed by atoms with Gasteiger partial charge in [0, 0.05) is 16.3 Å². The molecule has 33 heavy (non-hydrogen) atoms. The second-order valence-corrected chi connectivity index (χ2v) is 11.6. The number of hydrogen-bond acceptors (Lipinski definition) is 2. The zero-order valence-corrected chi connectivity index (χ0v) is 22.4. The van der Waals surface area contributed by atoms with E-state index in [1.54, 1.807) is 11.1 Å². The third-order valence-electron chi connectivity index (χ3n) is 6.74. The number of hydrogen-bond donors (Lipinski definition) is 0. The molecule has 0 spiro atoms. The number of anilines is 2. The van der Waals surface area contributed by atoms with Gasteiger partial charge in [-0.3, -0.25) is 0 Å². The van der Waals surface area contributed by atoms with Crippen molar-refractivity contribution in [3.8, 4) is 0 Å². The molecule has 180 valence electrons. The molecule has 3 rings (SSSR count). The first-order valence-electron chi connectivity index (χ1n) is 13.3. The van der Waals surface area contributed by atoms with E-state index in [0.29, 0.717) is 0 Å². The van der Waals surface area contributed by atoms with Crippen LogP contribution in [0.5, 0.6) is 0 Å². The van der Waals surface area contributed by atoms with E-state index in [2.05, 4.69) is 81.6 Å². The van der Waals surface area contributed by atoms with Crippen LogP contribution in [0.1, 0.15) is 90.2 Å². The van der Waals surface area contributed by atoms with Gasteiger partial charge >= 0.3 is 0 Å². The van der Waals surface area contributed by atoms with E-state index in [0.717, 1.165) is 18.4 Å². The summed E-state index contributed by atoms with van der Waals surface area (Å²) < 4.78 is 0. The molecule has 2 aromatic carbocycles. The van der Waals surface area contributed by atoms with Crippen LogP contribution >= 0.6 is 11.8 Å². The summed E-state index contributed by atoms with van der Waals surface area (Å²) in [5, 5.41) is 0. The minimum absolute atomic E-state index is 0.812. The van der Waals surface area contributed by atoms with Gasteiger partial charge < -0.3 is 4.90 Å². The first kappa shape index (κ1) is 25.9. The molecule has 0 saturated carbocycles. The summed E-state index contributed by atoms with van der Waals surface area (Å²) in [6.45, 7) is 14.3. The third kappa shape index (κ3) is 7.41. The highest BCUT2D eigenvalue weighted by molar-refractivity contribution is 7.99. The maximum absolute atomic E-state index is 4.09. The van der Waals surface area contributed by atoms with Crippen LogP contribution in [0.2, 0.25) is 0 Å². The molecule has 0 saturated heterocycles. The summed E-state index contributed by atoms with van der Waals surface area (Å²) in [5.41, 5.74) is 5.98. The van der Waals surface area contributed by atoms with Crippen molar-refractivity contribution in [1.82, 2.24) is 0 Å². The van der Waals surface area contributed by atoms with E-state index in [9.17, 15) is 0 Å². The molecule has 1 aliphatic rings. The van der Waals surface area contributed by atoms with Gasteiger partial charge in [0.15, 0.2) is 0 Å². The Morgan fingerprint density at radius 3 is 2.12 bits per heavy atom. The Hall–Kier alpha value is -1.67. The summed E-state index contributed by atoms with van der Waals surface area (Å²) in [6.07, 6.45) is 15.1. The van der Waals surface area contributed by atoms with Crippen LogP contribution in [-0.2, 0) is 12.8 Å². The molecule has 1 nitrogen and oxygen atoms in total. The largest absolute Gasteiger partial charge is 0.336 e. The molecule has 0 aliphatic carbocycles. The van der Waals surface area contributed by atoms with Gasteiger partial charge in [-0.2, -0.15) is 0 Å². The predicted molar refractivity (Wildman–Crippen MR) is 148 cm³/mol. The normalized spacial score (nSPS) is 12.8. The van der Waals surface area contributed by atoms with Crippen LogP contribution in [0.25, 0.3) is 0 Å². The minimum Gasteiger partial charge on any atom is -0.336 e. The van der Waals surface area contributed by atoms with Crippen LogP contribution in [0.4, 0.5) is 11.4 Å². The van der Waals surface area contributed by atoms with Gasteiger partial charge in [-0.25, -0.2) is 0 Å². The van der Waals surface area contributed by atoms with E-state index < -0.39 is 0 Å². The summed E-state index contributed by atoms with van der Waals surface area (Å²) in [4.78, 5) is 5.30. The van der Waals surface area contributed by atoms with Crippen molar-refractivity contribution in [3.63, 3.8) is 0 Å². The maximum Gasteiger partial charge on any atom is 0.0591 e. The second-order valence-electron chi connectivity index (χ2n) is 10.5. The molecule has 2 heteroatoms. The summed E-state index contributed by atoms with van der Waals surface area (Å²) in [6, 6.07) is 13.7. The Bertz CT molecular complexity index is 882. The van der Waals surface area contributed by atoms with Crippen LogP contribution < -0.4 is 4.90 Å².